The lowest BCUT2D eigenvalue weighted by Crippen LogP contribution is -1.97. The molecule has 20 heavy (non-hydrogen) atoms. The molecule has 0 N–H and O–H groups in total. The summed E-state index contributed by atoms with van der Waals surface area (Å²) < 4.78 is 5.58. The van der Waals surface area contributed by atoms with Crippen molar-refractivity contribution in [2.24, 2.45) is 0 Å². The number of furan rings is 1. The minimum absolute atomic E-state index is 0.444. The second kappa shape index (κ2) is 5.59. The van der Waals surface area contributed by atoms with Crippen LogP contribution in [0.15, 0.2) is 46.8 Å². The van der Waals surface area contributed by atoms with Crippen molar-refractivity contribution < 1.29 is 4.42 Å². The molecule has 0 radical (unpaired) electrons. The molecule has 3 aromatic heterocycles. The summed E-state index contributed by atoms with van der Waals surface area (Å²) in [6.45, 7) is 4.37. The van der Waals surface area contributed by atoms with Gasteiger partial charge < -0.3 is 4.42 Å². The van der Waals surface area contributed by atoms with E-state index in [2.05, 4.69) is 29.9 Å². The second-order valence-corrected chi connectivity index (χ2v) is 5.69. The van der Waals surface area contributed by atoms with Crippen LogP contribution < -0.4 is 0 Å². The molecule has 0 aliphatic rings. The van der Waals surface area contributed by atoms with Crippen LogP contribution in [0.25, 0.3) is 21.8 Å². The highest BCUT2D eigenvalue weighted by Crippen LogP contribution is 2.35. The smallest absolute Gasteiger partial charge is 0.134 e. The van der Waals surface area contributed by atoms with E-state index >= 15 is 0 Å². The number of nitrogens with zero attached hydrogens (tertiary/aromatic N) is 2. The summed E-state index contributed by atoms with van der Waals surface area (Å²) in [5.41, 5.74) is 5.11. The van der Waals surface area contributed by atoms with E-state index in [4.69, 9.17) is 4.42 Å². The average Bonchev–Trinajstić information content (AvgIpc) is 3.18. The van der Waals surface area contributed by atoms with Gasteiger partial charge in [0, 0.05) is 29.2 Å². The van der Waals surface area contributed by atoms with E-state index in [9.17, 15) is 0 Å². The van der Waals surface area contributed by atoms with Gasteiger partial charge in [-0.2, -0.15) is 0 Å². The van der Waals surface area contributed by atoms with Crippen LogP contribution in [-0.2, 0) is 0 Å². The third-order valence-electron chi connectivity index (χ3n) is 3.53. The zero-order chi connectivity index (χ0) is 13.9. The zero-order valence-electron chi connectivity index (χ0n) is 11.5. The van der Waals surface area contributed by atoms with Crippen LogP contribution >= 0.6 is 11.3 Å². The van der Waals surface area contributed by atoms with Gasteiger partial charge in [0.1, 0.15) is 5.76 Å². The van der Waals surface area contributed by atoms with Gasteiger partial charge in [0.05, 0.1) is 16.7 Å². The largest absolute Gasteiger partial charge is 0.464 e. The van der Waals surface area contributed by atoms with E-state index in [0.717, 1.165) is 33.9 Å². The zero-order valence-corrected chi connectivity index (χ0v) is 12.4. The molecular weight excluding hydrogens is 268 g/mol. The van der Waals surface area contributed by atoms with Crippen molar-refractivity contribution >= 4 is 11.3 Å². The molecule has 3 heterocycles. The molecule has 0 fully saturated rings. The highest BCUT2D eigenvalue weighted by molar-refractivity contribution is 7.13. The number of rotatable bonds is 4. The summed E-state index contributed by atoms with van der Waals surface area (Å²) in [4.78, 5) is 9.88. The van der Waals surface area contributed by atoms with E-state index < -0.39 is 0 Å². The van der Waals surface area contributed by atoms with Crippen LogP contribution in [-0.4, -0.2) is 9.97 Å². The predicted octanol–water partition coefficient (Wildman–Crippen LogP) is 4.98. The van der Waals surface area contributed by atoms with Crippen LogP contribution in [0.5, 0.6) is 0 Å². The van der Waals surface area contributed by atoms with Gasteiger partial charge in [-0.3, -0.25) is 9.97 Å². The fraction of sp³-hybridized carbons (Fsp3) is 0.250. The number of hydrogen-bond acceptors (Lipinski definition) is 4. The summed E-state index contributed by atoms with van der Waals surface area (Å²) >= 11 is 1.61. The van der Waals surface area contributed by atoms with Gasteiger partial charge in [0.2, 0.25) is 0 Å². The topological polar surface area (TPSA) is 38.9 Å². The van der Waals surface area contributed by atoms with Crippen molar-refractivity contribution in [3.8, 4) is 21.8 Å². The molecule has 4 heteroatoms. The molecule has 0 saturated carbocycles. The van der Waals surface area contributed by atoms with E-state index in [1.807, 2.05) is 30.0 Å². The Kier molecular flexibility index (Phi) is 3.65. The fourth-order valence-corrected chi connectivity index (χ4v) is 2.78. The van der Waals surface area contributed by atoms with E-state index in [-0.39, 0.29) is 0 Å². The Labute approximate surface area is 122 Å². The van der Waals surface area contributed by atoms with Crippen LogP contribution in [0.1, 0.15) is 31.9 Å². The van der Waals surface area contributed by atoms with Crippen LogP contribution in [0, 0.1) is 0 Å². The normalized spacial score (nSPS) is 12.5. The van der Waals surface area contributed by atoms with E-state index in [0.29, 0.717) is 5.92 Å². The summed E-state index contributed by atoms with van der Waals surface area (Å²) in [5, 5.41) is 0. The number of hydrogen-bond donors (Lipinski definition) is 0. The summed E-state index contributed by atoms with van der Waals surface area (Å²) in [6, 6.07) is 6.04. The fourth-order valence-electron chi connectivity index (χ4n) is 2.13. The highest BCUT2D eigenvalue weighted by atomic mass is 32.1. The number of pyridine rings is 1. The van der Waals surface area contributed by atoms with Crippen molar-refractivity contribution in [1.82, 2.24) is 9.97 Å². The van der Waals surface area contributed by atoms with Crippen molar-refractivity contribution in [3.63, 3.8) is 0 Å². The molecule has 102 valence electrons. The van der Waals surface area contributed by atoms with Crippen molar-refractivity contribution in [2.75, 3.05) is 0 Å². The van der Waals surface area contributed by atoms with Crippen molar-refractivity contribution in [1.29, 1.82) is 0 Å². The molecular formula is C16H16N2OS. The number of thiazole rings is 1. The monoisotopic (exact) mass is 284 g/mol. The third-order valence-corrected chi connectivity index (χ3v) is 4.33. The first-order chi connectivity index (χ1) is 9.79. The van der Waals surface area contributed by atoms with Gasteiger partial charge >= 0.3 is 0 Å². The minimum atomic E-state index is 0.444. The first-order valence-corrected chi connectivity index (χ1v) is 7.60. The number of aromatic nitrogens is 2. The Balaban J connectivity index is 2.15. The van der Waals surface area contributed by atoms with Crippen LogP contribution in [0.4, 0.5) is 0 Å². The molecule has 0 aliphatic carbocycles. The lowest BCUT2D eigenvalue weighted by Gasteiger charge is -2.12. The van der Waals surface area contributed by atoms with Crippen molar-refractivity contribution in [3.05, 3.63) is 48.1 Å². The summed E-state index contributed by atoms with van der Waals surface area (Å²) in [6.07, 6.45) is 6.59. The molecule has 0 aliphatic heterocycles. The SMILES string of the molecule is CCC(C)c1cc(-c2ccco2)c(-c2cncs2)cn1. The van der Waals surface area contributed by atoms with E-state index in [1.54, 1.807) is 17.6 Å². The third kappa shape index (κ3) is 2.39. The van der Waals surface area contributed by atoms with Gasteiger partial charge in [-0.15, -0.1) is 11.3 Å². The second-order valence-electron chi connectivity index (χ2n) is 4.81. The van der Waals surface area contributed by atoms with Gasteiger partial charge in [-0.1, -0.05) is 13.8 Å². The molecule has 0 bridgehead atoms. The van der Waals surface area contributed by atoms with Gasteiger partial charge in [-0.25, -0.2) is 0 Å². The Morgan fingerprint density at radius 1 is 1.30 bits per heavy atom. The summed E-state index contributed by atoms with van der Waals surface area (Å²) in [5.74, 6) is 1.32. The van der Waals surface area contributed by atoms with Crippen molar-refractivity contribution in [2.45, 2.75) is 26.2 Å². The first-order valence-electron chi connectivity index (χ1n) is 6.72. The van der Waals surface area contributed by atoms with E-state index in [1.165, 1.54) is 0 Å². The Bertz CT molecular complexity index is 675. The maximum Gasteiger partial charge on any atom is 0.134 e. The lowest BCUT2D eigenvalue weighted by molar-refractivity contribution is 0.582. The Morgan fingerprint density at radius 3 is 2.85 bits per heavy atom. The minimum Gasteiger partial charge on any atom is -0.464 e. The maximum atomic E-state index is 5.58. The molecule has 0 aromatic carbocycles. The Morgan fingerprint density at radius 2 is 2.20 bits per heavy atom. The van der Waals surface area contributed by atoms with Crippen LogP contribution in [0.3, 0.4) is 0 Å². The van der Waals surface area contributed by atoms with Crippen LogP contribution in [0.2, 0.25) is 0 Å². The quantitative estimate of drug-likeness (QED) is 0.678. The first kappa shape index (κ1) is 13.1. The molecule has 3 rings (SSSR count). The molecule has 3 aromatic rings. The molecule has 3 nitrogen and oxygen atoms in total. The average molecular weight is 284 g/mol. The highest BCUT2D eigenvalue weighted by Gasteiger charge is 2.15. The predicted molar refractivity (Wildman–Crippen MR) is 81.8 cm³/mol. The summed E-state index contributed by atoms with van der Waals surface area (Å²) in [7, 11) is 0. The molecule has 0 spiro atoms. The Hall–Kier alpha value is -1.94. The molecule has 0 saturated heterocycles. The molecule has 0 amide bonds. The lowest BCUT2D eigenvalue weighted by atomic mass is 9.99. The van der Waals surface area contributed by atoms with Gasteiger partial charge in [0.25, 0.3) is 0 Å². The van der Waals surface area contributed by atoms with Gasteiger partial charge in [0.15, 0.2) is 0 Å². The standard InChI is InChI=1S/C16H16N2OS/c1-3-11(2)14-7-12(15-5-4-6-19-15)13(8-18-14)16-9-17-10-20-16/h4-11H,3H2,1-2H3. The molecule has 1 unspecified atom stereocenters. The molecule has 1 atom stereocenters. The maximum absolute atomic E-state index is 5.58. The van der Waals surface area contributed by atoms with Gasteiger partial charge in [-0.05, 0) is 30.5 Å².